The maximum Gasteiger partial charge on any atom is 0.0473 e. The van der Waals surface area contributed by atoms with Crippen molar-refractivity contribution < 1.29 is 0 Å². The Morgan fingerprint density at radius 1 is 0.800 bits per heavy atom. The number of alkyl halides is 1. The minimum atomic E-state index is 0.354. The van der Waals surface area contributed by atoms with Gasteiger partial charge >= 0.3 is 0 Å². The van der Waals surface area contributed by atoms with Crippen molar-refractivity contribution in [2.45, 2.75) is 5.38 Å². The largest absolute Gasteiger partial charge is 0.122 e. The summed E-state index contributed by atoms with van der Waals surface area (Å²) in [6, 6.07) is 0. The SMILES string of the molecule is ClC1[C@H]2/C=C\C=C/C=C[C@@H]12. The first-order chi connectivity index (χ1) is 4.89. The Morgan fingerprint density at radius 3 is 1.80 bits per heavy atom. The summed E-state index contributed by atoms with van der Waals surface area (Å²) in [5, 5.41) is 0.354. The zero-order valence-corrected chi connectivity index (χ0v) is 6.33. The number of rotatable bonds is 0. The van der Waals surface area contributed by atoms with Crippen molar-refractivity contribution in [3.05, 3.63) is 36.5 Å². The van der Waals surface area contributed by atoms with Crippen molar-refractivity contribution in [1.29, 1.82) is 0 Å². The summed E-state index contributed by atoms with van der Waals surface area (Å²) in [6.45, 7) is 0. The molecule has 0 radical (unpaired) electrons. The molecule has 1 unspecified atom stereocenters. The molecule has 0 heterocycles. The van der Waals surface area contributed by atoms with E-state index in [1.807, 2.05) is 12.2 Å². The predicted molar refractivity (Wildman–Crippen MR) is 44.0 cm³/mol. The highest BCUT2D eigenvalue weighted by Gasteiger charge is 2.44. The molecule has 0 aromatic carbocycles. The van der Waals surface area contributed by atoms with Crippen LogP contribution in [0.2, 0.25) is 0 Å². The second kappa shape index (κ2) is 2.28. The van der Waals surface area contributed by atoms with Gasteiger partial charge in [-0.15, -0.1) is 11.6 Å². The van der Waals surface area contributed by atoms with E-state index in [1.165, 1.54) is 0 Å². The topological polar surface area (TPSA) is 0 Å². The molecule has 1 saturated carbocycles. The maximum absolute atomic E-state index is 5.97. The molecule has 0 aliphatic heterocycles. The van der Waals surface area contributed by atoms with Crippen molar-refractivity contribution in [3.63, 3.8) is 0 Å². The lowest BCUT2D eigenvalue weighted by Gasteiger charge is -1.85. The van der Waals surface area contributed by atoms with E-state index in [2.05, 4.69) is 24.3 Å². The van der Waals surface area contributed by atoms with Gasteiger partial charge in [0.05, 0.1) is 0 Å². The van der Waals surface area contributed by atoms with Gasteiger partial charge in [0.25, 0.3) is 0 Å². The molecule has 0 aromatic heterocycles. The van der Waals surface area contributed by atoms with Crippen LogP contribution in [-0.2, 0) is 0 Å². The van der Waals surface area contributed by atoms with Gasteiger partial charge in [-0.2, -0.15) is 0 Å². The lowest BCUT2D eigenvalue weighted by Crippen LogP contribution is -1.72. The fraction of sp³-hybridized carbons (Fsp3) is 0.333. The predicted octanol–water partition coefficient (Wildman–Crippen LogP) is 2.52. The van der Waals surface area contributed by atoms with E-state index in [4.69, 9.17) is 11.6 Å². The number of halogens is 1. The molecule has 0 bridgehead atoms. The lowest BCUT2D eigenvalue weighted by atomic mass is 10.2. The van der Waals surface area contributed by atoms with Gasteiger partial charge in [0.15, 0.2) is 0 Å². The van der Waals surface area contributed by atoms with Crippen molar-refractivity contribution >= 4 is 11.6 Å². The van der Waals surface area contributed by atoms with Gasteiger partial charge in [-0.3, -0.25) is 0 Å². The Bertz CT molecular complexity index is 191. The smallest absolute Gasteiger partial charge is 0.0473 e. The zero-order valence-electron chi connectivity index (χ0n) is 5.57. The standard InChI is InChI=1S/C9H9Cl/c10-9-7-5-3-1-2-4-6-8(7)9/h1-9H/b2-1-,5-3-,6-4?/t7-,8+,9?/m0/s1. The molecule has 52 valence electrons. The first-order valence-corrected chi connectivity index (χ1v) is 3.99. The molecular formula is C9H9Cl. The van der Waals surface area contributed by atoms with Crippen LogP contribution < -0.4 is 0 Å². The van der Waals surface area contributed by atoms with Gasteiger partial charge in [0.1, 0.15) is 0 Å². The second-order valence-corrected chi connectivity index (χ2v) is 3.26. The van der Waals surface area contributed by atoms with Gasteiger partial charge in [-0.05, 0) is 0 Å². The molecule has 10 heavy (non-hydrogen) atoms. The van der Waals surface area contributed by atoms with Gasteiger partial charge < -0.3 is 0 Å². The molecule has 1 fully saturated rings. The average molecular weight is 153 g/mol. The molecule has 3 atom stereocenters. The van der Waals surface area contributed by atoms with Crippen LogP contribution in [0, 0.1) is 11.8 Å². The van der Waals surface area contributed by atoms with E-state index < -0.39 is 0 Å². The minimum absolute atomic E-state index is 0.354. The van der Waals surface area contributed by atoms with Crippen LogP contribution in [0.5, 0.6) is 0 Å². The molecule has 0 nitrogen and oxygen atoms in total. The van der Waals surface area contributed by atoms with Crippen molar-refractivity contribution in [3.8, 4) is 0 Å². The fourth-order valence-electron chi connectivity index (χ4n) is 1.30. The molecule has 0 N–H and O–H groups in total. The van der Waals surface area contributed by atoms with E-state index in [1.54, 1.807) is 0 Å². The first kappa shape index (κ1) is 6.23. The Kier molecular flexibility index (Phi) is 1.42. The Labute approximate surface area is 65.9 Å². The number of allylic oxidation sites excluding steroid dienone is 6. The summed E-state index contributed by atoms with van der Waals surface area (Å²) in [6.07, 6.45) is 12.6. The van der Waals surface area contributed by atoms with Crippen LogP contribution in [0.4, 0.5) is 0 Å². The zero-order chi connectivity index (χ0) is 6.97. The highest BCUT2D eigenvalue weighted by molar-refractivity contribution is 6.23. The molecule has 2 rings (SSSR count). The third-order valence-corrected chi connectivity index (χ3v) is 2.62. The quantitative estimate of drug-likeness (QED) is 0.468. The van der Waals surface area contributed by atoms with Crippen LogP contribution in [0.1, 0.15) is 0 Å². The number of fused-ring (bicyclic) bond motifs is 1. The number of hydrogen-bond acceptors (Lipinski definition) is 0. The van der Waals surface area contributed by atoms with Crippen LogP contribution in [-0.4, -0.2) is 5.38 Å². The van der Waals surface area contributed by atoms with Crippen molar-refractivity contribution in [2.24, 2.45) is 11.8 Å². The van der Waals surface area contributed by atoms with E-state index in [-0.39, 0.29) is 0 Å². The maximum atomic E-state index is 5.97. The van der Waals surface area contributed by atoms with Crippen LogP contribution in [0.3, 0.4) is 0 Å². The molecule has 0 aromatic rings. The summed E-state index contributed by atoms with van der Waals surface area (Å²) in [4.78, 5) is 0. The molecule has 2 aliphatic carbocycles. The second-order valence-electron chi connectivity index (χ2n) is 2.75. The molecule has 2 aliphatic rings. The van der Waals surface area contributed by atoms with Crippen molar-refractivity contribution in [1.82, 2.24) is 0 Å². The third-order valence-electron chi connectivity index (χ3n) is 2.04. The summed E-state index contributed by atoms with van der Waals surface area (Å²) < 4.78 is 0. The van der Waals surface area contributed by atoms with Crippen LogP contribution >= 0.6 is 11.6 Å². The van der Waals surface area contributed by atoms with Gasteiger partial charge in [-0.25, -0.2) is 0 Å². The normalized spacial score (nSPS) is 48.7. The monoisotopic (exact) mass is 152 g/mol. The van der Waals surface area contributed by atoms with Gasteiger partial charge in [0, 0.05) is 17.2 Å². The summed E-state index contributed by atoms with van der Waals surface area (Å²) in [7, 11) is 0. The molecular weight excluding hydrogens is 144 g/mol. The van der Waals surface area contributed by atoms with Crippen molar-refractivity contribution in [2.75, 3.05) is 0 Å². The van der Waals surface area contributed by atoms with Gasteiger partial charge in [0.2, 0.25) is 0 Å². The lowest BCUT2D eigenvalue weighted by molar-refractivity contribution is 0.993. The Morgan fingerprint density at radius 2 is 1.30 bits per heavy atom. The molecule has 0 spiro atoms. The minimum Gasteiger partial charge on any atom is -0.122 e. The van der Waals surface area contributed by atoms with E-state index >= 15 is 0 Å². The summed E-state index contributed by atoms with van der Waals surface area (Å²) in [5.41, 5.74) is 0. The molecule has 0 amide bonds. The summed E-state index contributed by atoms with van der Waals surface area (Å²) >= 11 is 5.97. The fourth-order valence-corrected chi connectivity index (χ4v) is 1.72. The Balaban J connectivity index is 2.19. The molecule has 0 saturated heterocycles. The first-order valence-electron chi connectivity index (χ1n) is 3.55. The summed E-state index contributed by atoms with van der Waals surface area (Å²) in [5.74, 6) is 1.20. The third kappa shape index (κ3) is 0.929. The van der Waals surface area contributed by atoms with E-state index in [9.17, 15) is 0 Å². The average Bonchev–Trinajstić information content (AvgIpc) is 2.39. The number of hydrogen-bond donors (Lipinski definition) is 0. The van der Waals surface area contributed by atoms with Gasteiger partial charge in [-0.1, -0.05) is 36.5 Å². The van der Waals surface area contributed by atoms with E-state index in [0.29, 0.717) is 17.2 Å². The molecule has 1 heteroatoms. The highest BCUT2D eigenvalue weighted by atomic mass is 35.5. The highest BCUT2D eigenvalue weighted by Crippen LogP contribution is 2.46. The van der Waals surface area contributed by atoms with E-state index in [0.717, 1.165) is 0 Å². The van der Waals surface area contributed by atoms with Crippen LogP contribution in [0.25, 0.3) is 0 Å². The Hall–Kier alpha value is -0.490. The van der Waals surface area contributed by atoms with Crippen LogP contribution in [0.15, 0.2) is 36.5 Å².